The summed E-state index contributed by atoms with van der Waals surface area (Å²) in [5, 5.41) is 0. The number of aromatic nitrogens is 1. The molecule has 0 radical (unpaired) electrons. The normalized spacial score (nSPS) is 13.8. The third kappa shape index (κ3) is 2.71. The first-order chi connectivity index (χ1) is 14.4. The maximum Gasteiger partial charge on any atom is 0.135 e. The van der Waals surface area contributed by atoms with Gasteiger partial charge in [-0.05, 0) is 54.3 Å². The van der Waals surface area contributed by atoms with Crippen molar-refractivity contribution in [1.29, 1.82) is 0 Å². The fraction of sp³-hybridized carbons (Fsp3) is 0.179. The molecule has 1 nitrogen and oxygen atoms in total. The SMILES string of the molecule is Cc1cc(C)cc(-c2nccc3c2C(C)(C)c2c-3ccc(-c3ccccc3)c2F)c1. The number of hydrogen-bond acceptors (Lipinski definition) is 1. The lowest BCUT2D eigenvalue weighted by Gasteiger charge is -2.25. The van der Waals surface area contributed by atoms with Gasteiger partial charge in [0.1, 0.15) is 5.82 Å². The van der Waals surface area contributed by atoms with E-state index < -0.39 is 5.41 Å². The number of halogens is 1. The lowest BCUT2D eigenvalue weighted by molar-refractivity contribution is 0.561. The summed E-state index contributed by atoms with van der Waals surface area (Å²) in [6.07, 6.45) is 1.85. The number of nitrogens with zero attached hydrogens (tertiary/aromatic N) is 1. The van der Waals surface area contributed by atoms with E-state index in [-0.39, 0.29) is 5.82 Å². The van der Waals surface area contributed by atoms with Gasteiger partial charge in [0.2, 0.25) is 0 Å². The zero-order valence-electron chi connectivity index (χ0n) is 17.8. The summed E-state index contributed by atoms with van der Waals surface area (Å²) < 4.78 is 16.0. The molecule has 1 heterocycles. The number of pyridine rings is 1. The Hall–Kier alpha value is -3.26. The number of benzene rings is 3. The van der Waals surface area contributed by atoms with Crippen LogP contribution in [0.25, 0.3) is 33.5 Å². The van der Waals surface area contributed by atoms with E-state index in [0.717, 1.165) is 39.1 Å². The lowest BCUT2D eigenvalue weighted by Crippen LogP contribution is -2.19. The molecule has 5 rings (SSSR count). The molecule has 0 bridgehead atoms. The minimum atomic E-state index is -0.485. The van der Waals surface area contributed by atoms with Crippen LogP contribution in [-0.4, -0.2) is 4.98 Å². The highest BCUT2D eigenvalue weighted by Gasteiger charge is 2.41. The van der Waals surface area contributed by atoms with Crippen molar-refractivity contribution >= 4 is 0 Å². The van der Waals surface area contributed by atoms with E-state index in [9.17, 15) is 0 Å². The van der Waals surface area contributed by atoms with Crippen molar-refractivity contribution in [2.75, 3.05) is 0 Å². The second-order valence-electron chi connectivity index (χ2n) is 8.80. The van der Waals surface area contributed by atoms with Gasteiger partial charge in [0.15, 0.2) is 0 Å². The first-order valence-corrected chi connectivity index (χ1v) is 10.3. The second kappa shape index (κ2) is 6.63. The smallest absolute Gasteiger partial charge is 0.135 e. The van der Waals surface area contributed by atoms with Gasteiger partial charge in [-0.3, -0.25) is 4.98 Å². The predicted octanol–water partition coefficient (Wildman–Crippen LogP) is 7.48. The van der Waals surface area contributed by atoms with Crippen LogP contribution in [0, 0.1) is 19.7 Å². The van der Waals surface area contributed by atoms with E-state index in [2.05, 4.69) is 52.0 Å². The molecule has 0 unspecified atom stereocenters. The van der Waals surface area contributed by atoms with Gasteiger partial charge in [0, 0.05) is 28.3 Å². The summed E-state index contributed by atoms with van der Waals surface area (Å²) in [5.74, 6) is -0.133. The molecule has 0 fully saturated rings. The number of hydrogen-bond donors (Lipinski definition) is 0. The molecule has 4 aromatic rings. The summed E-state index contributed by atoms with van der Waals surface area (Å²) in [7, 11) is 0. The molecule has 0 saturated carbocycles. The Bertz CT molecular complexity index is 1270. The summed E-state index contributed by atoms with van der Waals surface area (Å²) in [5.41, 5.74) is 9.43. The van der Waals surface area contributed by atoms with E-state index >= 15 is 4.39 Å². The van der Waals surface area contributed by atoms with E-state index in [1.165, 1.54) is 11.1 Å². The van der Waals surface area contributed by atoms with Crippen LogP contribution in [0.1, 0.15) is 36.1 Å². The second-order valence-corrected chi connectivity index (χ2v) is 8.80. The molecule has 0 amide bonds. The molecule has 148 valence electrons. The largest absolute Gasteiger partial charge is 0.256 e. The van der Waals surface area contributed by atoms with Gasteiger partial charge in [0.05, 0.1) is 5.69 Å². The van der Waals surface area contributed by atoms with Crippen LogP contribution in [0.2, 0.25) is 0 Å². The predicted molar refractivity (Wildman–Crippen MR) is 122 cm³/mol. The summed E-state index contributed by atoms with van der Waals surface area (Å²) in [4.78, 5) is 4.77. The van der Waals surface area contributed by atoms with E-state index in [1.54, 1.807) is 0 Å². The molecule has 0 N–H and O–H groups in total. The summed E-state index contributed by atoms with van der Waals surface area (Å²) in [6, 6.07) is 22.3. The average Bonchev–Trinajstić information content (AvgIpc) is 2.96. The fourth-order valence-electron chi connectivity index (χ4n) is 5.03. The lowest BCUT2D eigenvalue weighted by atomic mass is 9.79. The van der Waals surface area contributed by atoms with E-state index in [1.807, 2.05) is 48.7 Å². The molecule has 2 heteroatoms. The van der Waals surface area contributed by atoms with Crippen LogP contribution in [-0.2, 0) is 5.41 Å². The number of rotatable bonds is 2. The van der Waals surface area contributed by atoms with Gasteiger partial charge in [-0.15, -0.1) is 0 Å². The van der Waals surface area contributed by atoms with Crippen molar-refractivity contribution in [2.24, 2.45) is 0 Å². The van der Waals surface area contributed by atoms with Crippen LogP contribution >= 0.6 is 0 Å². The zero-order valence-corrected chi connectivity index (χ0v) is 17.8. The van der Waals surface area contributed by atoms with Gasteiger partial charge in [-0.25, -0.2) is 4.39 Å². The Labute approximate surface area is 177 Å². The molecule has 1 aliphatic carbocycles. The third-order valence-electron chi connectivity index (χ3n) is 6.21. The van der Waals surface area contributed by atoms with Gasteiger partial charge in [-0.1, -0.05) is 73.5 Å². The average molecular weight is 394 g/mol. The topological polar surface area (TPSA) is 12.9 Å². The molecule has 1 aromatic heterocycles. The third-order valence-corrected chi connectivity index (χ3v) is 6.21. The highest BCUT2D eigenvalue weighted by molar-refractivity contribution is 5.88. The minimum Gasteiger partial charge on any atom is -0.256 e. The molecule has 1 aliphatic rings. The Morgan fingerprint density at radius 1 is 0.700 bits per heavy atom. The van der Waals surface area contributed by atoms with Crippen molar-refractivity contribution in [3.05, 3.63) is 101 Å². The van der Waals surface area contributed by atoms with Gasteiger partial charge < -0.3 is 0 Å². The van der Waals surface area contributed by atoms with E-state index in [0.29, 0.717) is 5.56 Å². The Kier molecular flexibility index (Phi) is 4.14. The zero-order chi connectivity index (χ0) is 21.0. The van der Waals surface area contributed by atoms with Crippen LogP contribution in [0.3, 0.4) is 0 Å². The van der Waals surface area contributed by atoms with Gasteiger partial charge >= 0.3 is 0 Å². The minimum absolute atomic E-state index is 0.133. The first-order valence-electron chi connectivity index (χ1n) is 10.3. The molecule has 3 aromatic carbocycles. The van der Waals surface area contributed by atoms with Crippen LogP contribution < -0.4 is 0 Å². The van der Waals surface area contributed by atoms with Crippen molar-refractivity contribution < 1.29 is 4.39 Å². The molecule has 30 heavy (non-hydrogen) atoms. The van der Waals surface area contributed by atoms with Crippen molar-refractivity contribution in [3.8, 4) is 33.5 Å². The van der Waals surface area contributed by atoms with Crippen LogP contribution in [0.15, 0.2) is 72.9 Å². The first kappa shape index (κ1) is 18.7. The fourth-order valence-corrected chi connectivity index (χ4v) is 5.03. The molecular formula is C28H24FN. The Morgan fingerprint density at radius 2 is 1.33 bits per heavy atom. The molecule has 0 saturated heterocycles. The van der Waals surface area contributed by atoms with E-state index in [4.69, 9.17) is 4.98 Å². The molecular weight excluding hydrogens is 369 g/mol. The highest BCUT2D eigenvalue weighted by Crippen LogP contribution is 2.53. The molecule has 0 aliphatic heterocycles. The van der Waals surface area contributed by atoms with Crippen LogP contribution in [0.4, 0.5) is 4.39 Å². The summed E-state index contributed by atoms with van der Waals surface area (Å²) >= 11 is 0. The maximum absolute atomic E-state index is 16.0. The monoisotopic (exact) mass is 393 g/mol. The standard InChI is InChI=1S/C28H24FN/c1-17-14-18(2)16-20(15-17)27-25-23(12-13-30-27)22-11-10-21(19-8-6-5-7-9-19)26(29)24(22)28(25,3)4/h5-16H,1-4H3. The highest BCUT2D eigenvalue weighted by atomic mass is 19.1. The van der Waals surface area contributed by atoms with Gasteiger partial charge in [-0.2, -0.15) is 0 Å². The molecule has 0 atom stereocenters. The number of aryl methyl sites for hydroxylation is 2. The van der Waals surface area contributed by atoms with Crippen molar-refractivity contribution in [1.82, 2.24) is 4.98 Å². The number of fused-ring (bicyclic) bond motifs is 3. The molecule has 0 spiro atoms. The summed E-state index contributed by atoms with van der Waals surface area (Å²) in [6.45, 7) is 8.43. The Morgan fingerprint density at radius 3 is 2.03 bits per heavy atom. The Balaban J connectivity index is 1.77. The van der Waals surface area contributed by atoms with Gasteiger partial charge in [0.25, 0.3) is 0 Å². The van der Waals surface area contributed by atoms with Crippen molar-refractivity contribution in [3.63, 3.8) is 0 Å². The van der Waals surface area contributed by atoms with Crippen molar-refractivity contribution in [2.45, 2.75) is 33.1 Å². The quantitative estimate of drug-likeness (QED) is 0.344. The van der Waals surface area contributed by atoms with Crippen LogP contribution in [0.5, 0.6) is 0 Å². The maximum atomic E-state index is 16.0.